The lowest BCUT2D eigenvalue weighted by atomic mass is 10.0. The molecule has 1 aliphatic rings. The van der Waals surface area contributed by atoms with Crippen molar-refractivity contribution in [3.05, 3.63) is 18.0 Å². The Morgan fingerprint density at radius 3 is 2.55 bits per heavy atom. The second-order valence-corrected chi connectivity index (χ2v) is 6.11. The average Bonchev–Trinajstić information content (AvgIpc) is 2.80. The van der Waals surface area contributed by atoms with Crippen LogP contribution in [0.4, 0.5) is 5.69 Å². The van der Waals surface area contributed by atoms with Crippen LogP contribution in [0.15, 0.2) is 12.3 Å². The zero-order valence-corrected chi connectivity index (χ0v) is 13.0. The molecule has 0 atom stereocenters. The minimum Gasteiger partial charge on any atom is -0.397 e. The Morgan fingerprint density at radius 2 is 2.00 bits per heavy atom. The first-order valence-corrected chi connectivity index (χ1v) is 7.33. The van der Waals surface area contributed by atoms with E-state index in [1.807, 2.05) is 22.7 Å². The molecule has 2 heterocycles. The Hall–Kier alpha value is -1.49. The number of piperidine rings is 1. The number of anilines is 1. The third-order valence-electron chi connectivity index (χ3n) is 4.20. The highest BCUT2D eigenvalue weighted by Gasteiger charge is 2.26. The van der Waals surface area contributed by atoms with Crippen LogP contribution in [0.1, 0.15) is 43.2 Å². The maximum Gasteiger partial charge on any atom is 0.270 e. The number of nitrogen functional groups attached to an aromatic ring is 1. The van der Waals surface area contributed by atoms with E-state index in [2.05, 4.69) is 25.8 Å². The number of hydrogen-bond acceptors (Lipinski definition) is 3. The summed E-state index contributed by atoms with van der Waals surface area (Å²) in [6.07, 6.45) is 3.92. The monoisotopic (exact) mass is 278 g/mol. The highest BCUT2D eigenvalue weighted by Crippen LogP contribution is 2.21. The lowest BCUT2D eigenvalue weighted by Crippen LogP contribution is -2.45. The van der Waals surface area contributed by atoms with Gasteiger partial charge in [0.25, 0.3) is 5.91 Å². The molecule has 0 unspecified atom stereocenters. The molecule has 0 aliphatic carbocycles. The fourth-order valence-electron chi connectivity index (χ4n) is 2.83. The third kappa shape index (κ3) is 2.98. The van der Waals surface area contributed by atoms with Crippen molar-refractivity contribution in [1.82, 2.24) is 14.4 Å². The van der Waals surface area contributed by atoms with Crippen molar-refractivity contribution in [3.63, 3.8) is 0 Å². The first-order chi connectivity index (χ1) is 9.40. The van der Waals surface area contributed by atoms with Crippen LogP contribution in [0.5, 0.6) is 0 Å². The molecule has 0 bridgehead atoms. The second kappa shape index (κ2) is 5.87. The van der Waals surface area contributed by atoms with Gasteiger partial charge in [0.1, 0.15) is 5.69 Å². The number of nitrogens with two attached hydrogens (primary N) is 1. The molecule has 1 aliphatic heterocycles. The quantitative estimate of drug-likeness (QED) is 0.917. The smallest absolute Gasteiger partial charge is 0.270 e. The molecule has 1 aromatic heterocycles. The van der Waals surface area contributed by atoms with E-state index >= 15 is 0 Å². The van der Waals surface area contributed by atoms with Crippen molar-refractivity contribution >= 4 is 11.6 Å². The Balaban J connectivity index is 2.14. The highest BCUT2D eigenvalue weighted by atomic mass is 16.2. The molecule has 1 amide bonds. The van der Waals surface area contributed by atoms with Crippen LogP contribution in [0, 0.1) is 0 Å². The molecule has 20 heavy (non-hydrogen) atoms. The van der Waals surface area contributed by atoms with E-state index in [-0.39, 0.29) is 11.9 Å². The highest BCUT2D eigenvalue weighted by molar-refractivity contribution is 5.94. The molecule has 2 rings (SSSR count). The molecular formula is C15H26N4O. The molecule has 1 fully saturated rings. The standard InChI is InChI=1S/C15H26N4O/c1-11(2)19-10-12(16)9-14(19)15(20)18(4)13-5-7-17(3)8-6-13/h9-11,13H,5-8,16H2,1-4H3. The average molecular weight is 278 g/mol. The molecule has 0 radical (unpaired) electrons. The molecule has 5 nitrogen and oxygen atoms in total. The van der Waals surface area contributed by atoms with E-state index in [0.717, 1.165) is 25.9 Å². The van der Waals surface area contributed by atoms with E-state index in [0.29, 0.717) is 17.4 Å². The topological polar surface area (TPSA) is 54.5 Å². The Kier molecular flexibility index (Phi) is 4.38. The van der Waals surface area contributed by atoms with Crippen LogP contribution in [0.25, 0.3) is 0 Å². The number of aromatic nitrogens is 1. The number of rotatable bonds is 3. The summed E-state index contributed by atoms with van der Waals surface area (Å²) in [6, 6.07) is 2.35. The number of carbonyl (C=O) groups excluding carboxylic acids is 1. The molecule has 1 aromatic rings. The summed E-state index contributed by atoms with van der Waals surface area (Å²) < 4.78 is 1.96. The minimum absolute atomic E-state index is 0.0740. The summed E-state index contributed by atoms with van der Waals surface area (Å²) in [6.45, 7) is 6.23. The van der Waals surface area contributed by atoms with Crippen LogP contribution < -0.4 is 5.73 Å². The summed E-state index contributed by atoms with van der Waals surface area (Å²) in [4.78, 5) is 16.9. The van der Waals surface area contributed by atoms with Gasteiger partial charge in [0, 0.05) is 25.3 Å². The molecule has 5 heteroatoms. The molecule has 2 N–H and O–H groups in total. The summed E-state index contributed by atoms with van der Waals surface area (Å²) in [5, 5.41) is 0. The zero-order valence-electron chi connectivity index (χ0n) is 13.0. The number of amides is 1. The first kappa shape index (κ1) is 14.9. The lowest BCUT2D eigenvalue weighted by Gasteiger charge is -2.35. The van der Waals surface area contributed by atoms with Crippen molar-refractivity contribution in [1.29, 1.82) is 0 Å². The predicted molar refractivity (Wildman–Crippen MR) is 81.8 cm³/mol. The van der Waals surface area contributed by atoms with Crippen molar-refractivity contribution in [3.8, 4) is 0 Å². The van der Waals surface area contributed by atoms with Gasteiger partial charge in [-0.2, -0.15) is 0 Å². The van der Waals surface area contributed by atoms with E-state index in [4.69, 9.17) is 5.73 Å². The van der Waals surface area contributed by atoms with Crippen LogP contribution in [-0.2, 0) is 0 Å². The van der Waals surface area contributed by atoms with Gasteiger partial charge in [-0.1, -0.05) is 0 Å². The Bertz CT molecular complexity index is 472. The summed E-state index contributed by atoms with van der Waals surface area (Å²) >= 11 is 0. The molecule has 1 saturated heterocycles. The van der Waals surface area contributed by atoms with Gasteiger partial charge in [0.15, 0.2) is 0 Å². The number of likely N-dealkylation sites (tertiary alicyclic amines) is 1. The maximum atomic E-state index is 12.7. The minimum atomic E-state index is 0.0740. The van der Waals surface area contributed by atoms with Gasteiger partial charge in [-0.05, 0) is 52.9 Å². The Labute approximate surface area is 121 Å². The maximum absolute atomic E-state index is 12.7. The molecular weight excluding hydrogens is 252 g/mol. The fraction of sp³-hybridized carbons (Fsp3) is 0.667. The number of hydrogen-bond donors (Lipinski definition) is 1. The number of nitrogens with zero attached hydrogens (tertiary/aromatic N) is 3. The van der Waals surface area contributed by atoms with Crippen LogP contribution in [-0.4, -0.2) is 53.5 Å². The summed E-state index contributed by atoms with van der Waals surface area (Å²) in [5.41, 5.74) is 7.20. The van der Waals surface area contributed by atoms with Crippen molar-refractivity contribution in [2.75, 3.05) is 32.9 Å². The fourth-order valence-corrected chi connectivity index (χ4v) is 2.83. The van der Waals surface area contributed by atoms with E-state index in [1.54, 1.807) is 6.07 Å². The molecule has 0 spiro atoms. The van der Waals surface area contributed by atoms with Gasteiger partial charge in [0.2, 0.25) is 0 Å². The second-order valence-electron chi connectivity index (χ2n) is 6.11. The summed E-state index contributed by atoms with van der Waals surface area (Å²) in [7, 11) is 4.04. The van der Waals surface area contributed by atoms with Crippen LogP contribution in [0.3, 0.4) is 0 Å². The molecule has 112 valence electrons. The third-order valence-corrected chi connectivity index (χ3v) is 4.20. The predicted octanol–water partition coefficient (Wildman–Crippen LogP) is 1.82. The van der Waals surface area contributed by atoms with Crippen LogP contribution >= 0.6 is 0 Å². The van der Waals surface area contributed by atoms with Gasteiger partial charge in [-0.25, -0.2) is 0 Å². The van der Waals surface area contributed by atoms with E-state index < -0.39 is 0 Å². The normalized spacial score (nSPS) is 17.6. The van der Waals surface area contributed by atoms with Gasteiger partial charge in [-0.15, -0.1) is 0 Å². The van der Waals surface area contributed by atoms with Crippen molar-refractivity contribution < 1.29 is 4.79 Å². The Morgan fingerprint density at radius 1 is 1.40 bits per heavy atom. The lowest BCUT2D eigenvalue weighted by molar-refractivity contribution is 0.0647. The van der Waals surface area contributed by atoms with Gasteiger partial charge < -0.3 is 20.1 Å². The van der Waals surface area contributed by atoms with E-state index in [1.165, 1.54) is 0 Å². The zero-order chi connectivity index (χ0) is 14.9. The van der Waals surface area contributed by atoms with Crippen molar-refractivity contribution in [2.24, 2.45) is 0 Å². The van der Waals surface area contributed by atoms with Gasteiger partial charge in [-0.3, -0.25) is 4.79 Å². The van der Waals surface area contributed by atoms with Crippen molar-refractivity contribution in [2.45, 2.75) is 38.8 Å². The SMILES string of the molecule is CC(C)n1cc(N)cc1C(=O)N(C)C1CCN(C)CC1. The molecule has 0 aromatic carbocycles. The van der Waals surface area contributed by atoms with Gasteiger partial charge >= 0.3 is 0 Å². The summed E-state index contributed by atoms with van der Waals surface area (Å²) in [5.74, 6) is 0.0740. The first-order valence-electron chi connectivity index (χ1n) is 7.33. The molecule has 0 saturated carbocycles. The van der Waals surface area contributed by atoms with E-state index in [9.17, 15) is 4.79 Å². The largest absolute Gasteiger partial charge is 0.397 e. The van der Waals surface area contributed by atoms with Gasteiger partial charge in [0.05, 0.1) is 5.69 Å². The van der Waals surface area contributed by atoms with Crippen LogP contribution in [0.2, 0.25) is 0 Å². The number of carbonyl (C=O) groups is 1.